The van der Waals surface area contributed by atoms with Crippen molar-refractivity contribution in [3.05, 3.63) is 83.9 Å². The van der Waals surface area contributed by atoms with Crippen molar-refractivity contribution >= 4 is 11.8 Å². The van der Waals surface area contributed by atoms with Crippen LogP contribution in [0, 0.1) is 5.82 Å². The fourth-order valence-electron chi connectivity index (χ4n) is 2.76. The van der Waals surface area contributed by atoms with Crippen LogP contribution in [-0.4, -0.2) is 14.8 Å². The quantitative estimate of drug-likeness (QED) is 0.295. The molecule has 9 heteroatoms. The molecule has 0 aliphatic rings. The van der Waals surface area contributed by atoms with Crippen molar-refractivity contribution in [1.29, 1.82) is 0 Å². The van der Waals surface area contributed by atoms with E-state index in [1.807, 2.05) is 0 Å². The van der Waals surface area contributed by atoms with Crippen LogP contribution in [0.5, 0.6) is 0 Å². The Morgan fingerprint density at radius 3 is 2.52 bits per heavy atom. The molecule has 0 spiro atoms. The van der Waals surface area contributed by atoms with E-state index in [-0.39, 0.29) is 17.3 Å². The zero-order valence-electron chi connectivity index (χ0n) is 14.7. The van der Waals surface area contributed by atoms with E-state index in [9.17, 15) is 17.6 Å². The number of aromatic nitrogens is 3. The van der Waals surface area contributed by atoms with Gasteiger partial charge in [-0.15, -0.1) is 10.2 Å². The van der Waals surface area contributed by atoms with E-state index < -0.39 is 11.7 Å². The van der Waals surface area contributed by atoms with Gasteiger partial charge in [0, 0.05) is 5.75 Å². The number of benzene rings is 2. The van der Waals surface area contributed by atoms with Crippen LogP contribution < -0.4 is 0 Å². The van der Waals surface area contributed by atoms with Gasteiger partial charge in [0.15, 0.2) is 10.9 Å². The second kappa shape index (κ2) is 7.75. The molecule has 4 rings (SSSR count). The SMILES string of the molecule is Fc1cccc(CSc2nnc(-c3ccco3)n2-c2cccc(C(F)(F)F)c2)c1. The molecule has 0 unspecified atom stereocenters. The minimum absolute atomic E-state index is 0.248. The lowest BCUT2D eigenvalue weighted by Gasteiger charge is -2.12. The first-order valence-electron chi connectivity index (χ1n) is 8.46. The van der Waals surface area contributed by atoms with Gasteiger partial charge in [-0.2, -0.15) is 13.2 Å². The van der Waals surface area contributed by atoms with Crippen molar-refractivity contribution in [1.82, 2.24) is 14.8 Å². The van der Waals surface area contributed by atoms with Crippen molar-refractivity contribution in [3.8, 4) is 17.3 Å². The summed E-state index contributed by atoms with van der Waals surface area (Å²) in [5.74, 6) is 0.648. The third kappa shape index (κ3) is 4.19. The van der Waals surface area contributed by atoms with E-state index in [2.05, 4.69) is 10.2 Å². The van der Waals surface area contributed by atoms with Crippen molar-refractivity contribution in [2.24, 2.45) is 0 Å². The van der Waals surface area contributed by atoms with Crippen molar-refractivity contribution in [2.45, 2.75) is 17.1 Å². The third-order valence-corrected chi connectivity index (χ3v) is 5.06. The first-order chi connectivity index (χ1) is 13.9. The van der Waals surface area contributed by atoms with E-state index in [4.69, 9.17) is 4.42 Å². The standard InChI is InChI=1S/C20H13F4N3OS/c21-15-6-1-4-13(10-15)12-29-19-26-25-18(17-8-3-9-28-17)27(19)16-7-2-5-14(11-16)20(22,23)24/h1-11H,12H2. The summed E-state index contributed by atoms with van der Waals surface area (Å²) in [6, 6.07) is 14.3. The maximum atomic E-state index is 13.4. The van der Waals surface area contributed by atoms with Gasteiger partial charge in [0.25, 0.3) is 0 Å². The Morgan fingerprint density at radius 2 is 1.79 bits per heavy atom. The molecule has 0 saturated carbocycles. The van der Waals surface area contributed by atoms with Crippen LogP contribution in [-0.2, 0) is 11.9 Å². The van der Waals surface area contributed by atoms with Crippen LogP contribution in [0.25, 0.3) is 17.3 Å². The molecule has 0 amide bonds. The summed E-state index contributed by atoms with van der Waals surface area (Å²) in [6.45, 7) is 0. The number of nitrogens with zero attached hydrogens (tertiary/aromatic N) is 3. The molecule has 29 heavy (non-hydrogen) atoms. The number of rotatable bonds is 5. The molecule has 2 aromatic heterocycles. The maximum absolute atomic E-state index is 13.4. The summed E-state index contributed by atoms with van der Waals surface area (Å²) >= 11 is 1.23. The van der Waals surface area contributed by atoms with Gasteiger partial charge >= 0.3 is 6.18 Å². The molecule has 4 aromatic rings. The summed E-state index contributed by atoms with van der Waals surface area (Å²) in [5, 5.41) is 8.58. The molecule has 0 saturated heterocycles. The Balaban J connectivity index is 1.75. The average molecular weight is 419 g/mol. The number of furan rings is 1. The molecular weight excluding hydrogens is 406 g/mol. The normalized spacial score (nSPS) is 11.7. The highest BCUT2D eigenvalue weighted by Gasteiger charge is 2.31. The first-order valence-corrected chi connectivity index (χ1v) is 9.44. The highest BCUT2D eigenvalue weighted by Crippen LogP contribution is 2.34. The van der Waals surface area contributed by atoms with Crippen molar-refractivity contribution in [2.75, 3.05) is 0 Å². The predicted molar refractivity (Wildman–Crippen MR) is 100 cm³/mol. The molecule has 2 aromatic carbocycles. The van der Waals surface area contributed by atoms with Gasteiger partial charge in [-0.1, -0.05) is 30.0 Å². The molecule has 148 valence electrons. The number of alkyl halides is 3. The molecule has 2 heterocycles. The largest absolute Gasteiger partial charge is 0.461 e. The lowest BCUT2D eigenvalue weighted by atomic mass is 10.2. The van der Waals surface area contributed by atoms with Crippen LogP contribution in [0.2, 0.25) is 0 Å². The number of halogens is 4. The summed E-state index contributed by atoms with van der Waals surface area (Å²) in [7, 11) is 0. The Morgan fingerprint density at radius 1 is 0.966 bits per heavy atom. The van der Waals surface area contributed by atoms with E-state index in [0.29, 0.717) is 22.2 Å². The summed E-state index contributed by atoms with van der Waals surface area (Å²) in [4.78, 5) is 0. The molecule has 0 fully saturated rings. The van der Waals surface area contributed by atoms with E-state index >= 15 is 0 Å². The Hall–Kier alpha value is -3.07. The number of hydrogen-bond acceptors (Lipinski definition) is 4. The van der Waals surface area contributed by atoms with Gasteiger partial charge in [0.2, 0.25) is 5.82 Å². The summed E-state index contributed by atoms with van der Waals surface area (Å²) in [5.41, 5.74) is 0.182. The highest BCUT2D eigenvalue weighted by atomic mass is 32.2. The Labute approximate surface area is 167 Å². The van der Waals surface area contributed by atoms with Gasteiger partial charge in [0.05, 0.1) is 17.5 Å². The molecule has 0 N–H and O–H groups in total. The second-order valence-corrected chi connectivity index (χ2v) is 7.03. The van der Waals surface area contributed by atoms with Crippen LogP contribution in [0.4, 0.5) is 17.6 Å². The molecule has 0 aliphatic heterocycles. The van der Waals surface area contributed by atoms with Crippen LogP contribution in [0.1, 0.15) is 11.1 Å². The zero-order chi connectivity index (χ0) is 20.4. The van der Waals surface area contributed by atoms with Gasteiger partial charge < -0.3 is 4.42 Å². The minimum atomic E-state index is -4.48. The van der Waals surface area contributed by atoms with Gasteiger partial charge in [-0.05, 0) is 48.0 Å². The molecule has 4 nitrogen and oxygen atoms in total. The van der Waals surface area contributed by atoms with Gasteiger partial charge in [0.1, 0.15) is 5.82 Å². The van der Waals surface area contributed by atoms with Gasteiger partial charge in [-0.25, -0.2) is 4.39 Å². The Kier molecular flexibility index (Phi) is 5.14. The first kappa shape index (κ1) is 19.3. The minimum Gasteiger partial charge on any atom is -0.461 e. The van der Waals surface area contributed by atoms with E-state index in [0.717, 1.165) is 12.1 Å². The number of hydrogen-bond donors (Lipinski definition) is 0. The highest BCUT2D eigenvalue weighted by molar-refractivity contribution is 7.98. The maximum Gasteiger partial charge on any atom is 0.416 e. The van der Waals surface area contributed by atoms with Crippen molar-refractivity contribution < 1.29 is 22.0 Å². The smallest absolute Gasteiger partial charge is 0.416 e. The topological polar surface area (TPSA) is 43.9 Å². The van der Waals surface area contributed by atoms with Crippen LogP contribution >= 0.6 is 11.8 Å². The lowest BCUT2D eigenvalue weighted by Crippen LogP contribution is -2.07. The molecule has 0 radical (unpaired) electrons. The monoisotopic (exact) mass is 419 g/mol. The van der Waals surface area contributed by atoms with Crippen molar-refractivity contribution in [3.63, 3.8) is 0 Å². The molecule has 0 atom stereocenters. The molecule has 0 aliphatic carbocycles. The average Bonchev–Trinajstić information content (AvgIpc) is 3.35. The molecular formula is C20H13F4N3OS. The van der Waals surface area contributed by atoms with Crippen LogP contribution in [0.15, 0.2) is 76.5 Å². The fraction of sp³-hybridized carbons (Fsp3) is 0.100. The third-order valence-electron chi connectivity index (χ3n) is 4.06. The summed E-state index contributed by atoms with van der Waals surface area (Å²) < 4.78 is 59.9. The van der Waals surface area contributed by atoms with Gasteiger partial charge in [-0.3, -0.25) is 4.57 Å². The molecule has 0 bridgehead atoms. The zero-order valence-corrected chi connectivity index (χ0v) is 15.5. The predicted octanol–water partition coefficient (Wildman–Crippen LogP) is 5.98. The Bertz CT molecular complexity index is 1120. The van der Waals surface area contributed by atoms with E-state index in [1.165, 1.54) is 46.9 Å². The second-order valence-electron chi connectivity index (χ2n) is 6.09. The van der Waals surface area contributed by atoms with Crippen LogP contribution in [0.3, 0.4) is 0 Å². The lowest BCUT2D eigenvalue weighted by molar-refractivity contribution is -0.137. The fourth-order valence-corrected chi connectivity index (χ4v) is 3.65. The summed E-state index contributed by atoms with van der Waals surface area (Å²) in [6.07, 6.45) is -3.04. The van der Waals surface area contributed by atoms with E-state index in [1.54, 1.807) is 24.3 Å². The number of thioether (sulfide) groups is 1.